The van der Waals surface area contributed by atoms with Gasteiger partial charge in [-0.2, -0.15) is 0 Å². The number of anilines is 1. The molecule has 1 aliphatic rings. The molecule has 1 saturated heterocycles. The molecule has 31 heavy (non-hydrogen) atoms. The summed E-state index contributed by atoms with van der Waals surface area (Å²) in [5, 5.41) is 4.57. The first-order valence-corrected chi connectivity index (χ1v) is 11.3. The summed E-state index contributed by atoms with van der Waals surface area (Å²) in [4.78, 5) is 31.1. The van der Waals surface area contributed by atoms with E-state index in [-0.39, 0.29) is 17.4 Å². The molecule has 2 aromatic carbocycles. The summed E-state index contributed by atoms with van der Waals surface area (Å²) in [6.45, 7) is 6.10. The van der Waals surface area contributed by atoms with E-state index in [2.05, 4.69) is 29.0 Å². The lowest BCUT2D eigenvalue weighted by atomic mass is 9.93. The first-order chi connectivity index (χ1) is 14.9. The van der Waals surface area contributed by atoms with Crippen LogP contribution in [0.4, 0.5) is 5.69 Å². The molecule has 1 amide bonds. The van der Waals surface area contributed by atoms with Crippen molar-refractivity contribution < 1.29 is 4.79 Å². The van der Waals surface area contributed by atoms with Crippen LogP contribution in [0, 0.1) is 11.8 Å². The number of pyridine rings is 1. The normalized spacial score (nSPS) is 16.6. The van der Waals surface area contributed by atoms with Crippen molar-refractivity contribution in [2.24, 2.45) is 11.8 Å². The lowest BCUT2D eigenvalue weighted by Gasteiger charge is -2.34. The maximum atomic E-state index is 13.3. The number of H-pyrrole nitrogens is 1. The highest BCUT2D eigenvalue weighted by Crippen LogP contribution is 2.37. The van der Waals surface area contributed by atoms with Crippen molar-refractivity contribution in [1.82, 2.24) is 10.3 Å². The highest BCUT2D eigenvalue weighted by atomic mass is 35.5. The summed E-state index contributed by atoms with van der Waals surface area (Å²) in [5.41, 5.74) is 3.05. The topological polar surface area (TPSA) is 65.2 Å². The number of rotatable bonds is 5. The van der Waals surface area contributed by atoms with Crippen LogP contribution in [0.1, 0.15) is 26.7 Å². The van der Waals surface area contributed by atoms with E-state index < -0.39 is 0 Å². The Hall–Kier alpha value is -2.79. The van der Waals surface area contributed by atoms with E-state index >= 15 is 0 Å². The lowest BCUT2D eigenvalue weighted by molar-refractivity contribution is -0.125. The van der Waals surface area contributed by atoms with E-state index in [4.69, 9.17) is 11.6 Å². The fourth-order valence-electron chi connectivity index (χ4n) is 4.30. The molecule has 162 valence electrons. The van der Waals surface area contributed by atoms with Gasteiger partial charge in [0.25, 0.3) is 5.56 Å². The fourth-order valence-corrected chi connectivity index (χ4v) is 4.47. The van der Waals surface area contributed by atoms with Gasteiger partial charge in [0.2, 0.25) is 5.91 Å². The molecule has 5 nitrogen and oxygen atoms in total. The quantitative estimate of drug-likeness (QED) is 0.600. The molecule has 1 atom stereocenters. The van der Waals surface area contributed by atoms with Crippen LogP contribution in [-0.2, 0) is 4.79 Å². The van der Waals surface area contributed by atoms with E-state index in [0.29, 0.717) is 29.7 Å². The molecule has 1 aliphatic heterocycles. The van der Waals surface area contributed by atoms with Crippen LogP contribution in [0.15, 0.2) is 53.3 Å². The minimum absolute atomic E-state index is 0.0694. The van der Waals surface area contributed by atoms with Crippen LogP contribution in [0.5, 0.6) is 0 Å². The molecular weight excluding hydrogens is 410 g/mol. The Balaban J connectivity index is 1.79. The molecule has 6 heteroatoms. The van der Waals surface area contributed by atoms with Crippen LogP contribution >= 0.6 is 11.6 Å². The summed E-state index contributed by atoms with van der Waals surface area (Å²) >= 11 is 6.32. The Morgan fingerprint density at radius 1 is 1.23 bits per heavy atom. The monoisotopic (exact) mass is 437 g/mol. The van der Waals surface area contributed by atoms with Gasteiger partial charge >= 0.3 is 0 Å². The molecule has 0 aliphatic carbocycles. The van der Waals surface area contributed by atoms with Gasteiger partial charge in [-0.05, 0) is 42.5 Å². The number of aromatic nitrogens is 1. The van der Waals surface area contributed by atoms with E-state index in [9.17, 15) is 9.59 Å². The molecule has 0 unspecified atom stereocenters. The molecule has 2 N–H and O–H groups in total. The molecule has 1 aromatic heterocycles. The Kier molecular flexibility index (Phi) is 6.33. The second kappa shape index (κ2) is 9.15. The standard InChI is InChI=1S/C25H28ClN3O2/c1-16(2)14-27-24(30)18-9-6-12-29(15-18)23-22(17-7-4-3-5-8-17)20-13-19(26)10-11-21(20)28-25(23)31/h3-5,7-8,10-11,13,16,18H,6,9,12,14-15H2,1-2H3,(H,27,30)(H,28,31)/t18-/m0/s1. The minimum atomic E-state index is -0.142. The predicted molar refractivity (Wildman–Crippen MR) is 128 cm³/mol. The zero-order chi connectivity index (χ0) is 22.0. The highest BCUT2D eigenvalue weighted by molar-refractivity contribution is 6.31. The first kappa shape index (κ1) is 21.4. The zero-order valence-corrected chi connectivity index (χ0v) is 18.7. The Morgan fingerprint density at radius 3 is 2.74 bits per heavy atom. The number of amides is 1. The van der Waals surface area contributed by atoms with Gasteiger partial charge in [-0.15, -0.1) is 0 Å². The molecule has 1 fully saturated rings. The van der Waals surface area contributed by atoms with Gasteiger partial charge in [0, 0.05) is 41.1 Å². The third-order valence-corrected chi connectivity index (χ3v) is 6.04. The summed E-state index contributed by atoms with van der Waals surface area (Å²) < 4.78 is 0. The average Bonchev–Trinajstić information content (AvgIpc) is 2.77. The molecule has 0 spiro atoms. The van der Waals surface area contributed by atoms with Crippen molar-refractivity contribution in [3.8, 4) is 11.1 Å². The van der Waals surface area contributed by atoms with Gasteiger partial charge < -0.3 is 15.2 Å². The second-order valence-corrected chi connectivity index (χ2v) is 9.09. The van der Waals surface area contributed by atoms with Crippen molar-refractivity contribution in [3.05, 3.63) is 63.9 Å². The van der Waals surface area contributed by atoms with Crippen LogP contribution < -0.4 is 15.8 Å². The molecule has 3 aromatic rings. The molecule has 2 heterocycles. The van der Waals surface area contributed by atoms with E-state index in [1.165, 1.54) is 0 Å². The van der Waals surface area contributed by atoms with Gasteiger partial charge in [-0.3, -0.25) is 9.59 Å². The van der Waals surface area contributed by atoms with Crippen LogP contribution in [-0.4, -0.2) is 30.5 Å². The van der Waals surface area contributed by atoms with Gasteiger partial charge in [-0.1, -0.05) is 55.8 Å². The highest BCUT2D eigenvalue weighted by Gasteiger charge is 2.29. The summed E-state index contributed by atoms with van der Waals surface area (Å²) in [7, 11) is 0. The maximum absolute atomic E-state index is 13.3. The number of carbonyl (C=O) groups is 1. The smallest absolute Gasteiger partial charge is 0.272 e. The summed E-state index contributed by atoms with van der Waals surface area (Å²) in [6, 6.07) is 15.4. The number of hydrogen-bond donors (Lipinski definition) is 2. The molecule has 4 rings (SSSR count). The molecule has 0 radical (unpaired) electrons. The largest absolute Gasteiger partial charge is 0.366 e. The fraction of sp³-hybridized carbons (Fsp3) is 0.360. The van der Waals surface area contributed by atoms with Crippen LogP contribution in [0.25, 0.3) is 22.0 Å². The van der Waals surface area contributed by atoms with Crippen molar-refractivity contribution >= 4 is 34.1 Å². The number of piperidine rings is 1. The molecular formula is C25H28ClN3O2. The number of halogens is 1. The van der Waals surface area contributed by atoms with Crippen molar-refractivity contribution in [2.75, 3.05) is 24.5 Å². The Morgan fingerprint density at radius 2 is 2.00 bits per heavy atom. The zero-order valence-electron chi connectivity index (χ0n) is 18.0. The number of carbonyl (C=O) groups excluding carboxylic acids is 1. The Labute approximate surface area is 187 Å². The maximum Gasteiger partial charge on any atom is 0.272 e. The van der Waals surface area contributed by atoms with E-state index in [1.54, 1.807) is 6.07 Å². The first-order valence-electron chi connectivity index (χ1n) is 10.9. The number of fused-ring (bicyclic) bond motifs is 1. The SMILES string of the molecule is CC(C)CNC(=O)[C@H]1CCCN(c2c(-c3ccccc3)c3cc(Cl)ccc3[nH]c2=O)C1. The molecule has 0 saturated carbocycles. The third-order valence-electron chi connectivity index (χ3n) is 5.81. The number of benzene rings is 2. The van der Waals surface area contributed by atoms with Crippen molar-refractivity contribution in [1.29, 1.82) is 0 Å². The number of hydrogen-bond acceptors (Lipinski definition) is 3. The van der Waals surface area contributed by atoms with Gasteiger partial charge in [-0.25, -0.2) is 0 Å². The third kappa shape index (κ3) is 4.62. The van der Waals surface area contributed by atoms with Crippen molar-refractivity contribution in [3.63, 3.8) is 0 Å². The summed E-state index contributed by atoms with van der Waals surface area (Å²) in [6.07, 6.45) is 1.69. The number of aromatic amines is 1. The molecule has 0 bridgehead atoms. The van der Waals surface area contributed by atoms with Gasteiger partial charge in [0.05, 0.1) is 5.92 Å². The minimum Gasteiger partial charge on any atom is -0.366 e. The number of nitrogens with one attached hydrogen (secondary N) is 2. The van der Waals surface area contributed by atoms with Crippen LogP contribution in [0.2, 0.25) is 5.02 Å². The van der Waals surface area contributed by atoms with E-state index in [1.807, 2.05) is 42.5 Å². The van der Waals surface area contributed by atoms with Crippen molar-refractivity contribution in [2.45, 2.75) is 26.7 Å². The lowest BCUT2D eigenvalue weighted by Crippen LogP contribution is -2.45. The van der Waals surface area contributed by atoms with E-state index in [0.717, 1.165) is 41.4 Å². The van der Waals surface area contributed by atoms with Crippen LogP contribution in [0.3, 0.4) is 0 Å². The number of nitrogens with zero attached hydrogens (tertiary/aromatic N) is 1. The predicted octanol–water partition coefficient (Wildman–Crippen LogP) is 4.84. The van der Waals surface area contributed by atoms with Gasteiger partial charge in [0.1, 0.15) is 5.69 Å². The Bertz CT molecular complexity index is 1140. The second-order valence-electron chi connectivity index (χ2n) is 8.66. The average molecular weight is 438 g/mol. The summed E-state index contributed by atoms with van der Waals surface area (Å²) in [5.74, 6) is 0.340. The van der Waals surface area contributed by atoms with Gasteiger partial charge in [0.15, 0.2) is 0 Å².